The maximum absolute atomic E-state index is 2.75. The van der Waals surface area contributed by atoms with E-state index in [1.807, 2.05) is 0 Å². The van der Waals surface area contributed by atoms with Gasteiger partial charge in [-0.15, -0.1) is 0 Å². The molecule has 0 fully saturated rings. The van der Waals surface area contributed by atoms with Crippen LogP contribution in [0.15, 0.2) is 72.8 Å². The molecule has 5 aromatic carbocycles. The average molecular weight is 823 g/mol. The number of fused-ring (bicyclic) bond motifs is 6. The fourth-order valence-corrected chi connectivity index (χ4v) is 12.1. The molecule has 5 aromatic rings. The van der Waals surface area contributed by atoms with E-state index in [1.165, 1.54) is 113 Å². The van der Waals surface area contributed by atoms with Crippen molar-refractivity contribution in [1.82, 2.24) is 0 Å². The van der Waals surface area contributed by atoms with Gasteiger partial charge in [-0.25, -0.2) is 0 Å². The van der Waals surface area contributed by atoms with Gasteiger partial charge in [-0.2, -0.15) is 0 Å². The SMILES string of the molecule is Cc1ccc(C(C)(C)C)cc1N1c2cc(C(C)(C)C)ccc2B2c3cc4c(cc3N(c3cc5c(cc3C)C(C)(C)CC5(C)C)c3cc(C(C)(C)C)cc1c32)C(C)(C)CCC4(C)C. The van der Waals surface area contributed by atoms with Gasteiger partial charge in [0.2, 0.25) is 0 Å². The van der Waals surface area contributed by atoms with E-state index in [9.17, 15) is 0 Å². The number of anilines is 6. The molecule has 0 spiro atoms. The zero-order chi connectivity index (χ0) is 45.2. The van der Waals surface area contributed by atoms with Crippen LogP contribution in [0.25, 0.3) is 0 Å². The Kier molecular flexibility index (Phi) is 9.14. The lowest BCUT2D eigenvalue weighted by Gasteiger charge is -2.48. The summed E-state index contributed by atoms with van der Waals surface area (Å²) < 4.78 is 0. The third kappa shape index (κ3) is 6.47. The summed E-state index contributed by atoms with van der Waals surface area (Å²) in [5, 5.41) is 0. The van der Waals surface area contributed by atoms with Crippen molar-refractivity contribution in [2.24, 2.45) is 0 Å². The molecule has 62 heavy (non-hydrogen) atoms. The van der Waals surface area contributed by atoms with Crippen molar-refractivity contribution in [2.75, 3.05) is 9.80 Å². The van der Waals surface area contributed by atoms with Gasteiger partial charge in [-0.1, -0.05) is 154 Å². The molecule has 0 saturated heterocycles. The molecule has 4 aliphatic rings. The van der Waals surface area contributed by atoms with Crippen LogP contribution in [0.4, 0.5) is 34.1 Å². The van der Waals surface area contributed by atoms with E-state index in [-0.39, 0.29) is 44.6 Å². The molecule has 9 rings (SSSR count). The van der Waals surface area contributed by atoms with Crippen LogP contribution >= 0.6 is 0 Å². The van der Waals surface area contributed by atoms with Crippen LogP contribution < -0.4 is 26.2 Å². The van der Waals surface area contributed by atoms with E-state index in [0.29, 0.717) is 0 Å². The predicted molar refractivity (Wildman–Crippen MR) is 272 cm³/mol. The van der Waals surface area contributed by atoms with Crippen molar-refractivity contribution in [1.29, 1.82) is 0 Å². The van der Waals surface area contributed by atoms with Gasteiger partial charge < -0.3 is 9.80 Å². The highest BCUT2D eigenvalue weighted by molar-refractivity contribution is 7.00. The van der Waals surface area contributed by atoms with E-state index in [4.69, 9.17) is 0 Å². The zero-order valence-electron chi connectivity index (χ0n) is 42.0. The fourth-order valence-electron chi connectivity index (χ4n) is 12.1. The van der Waals surface area contributed by atoms with E-state index >= 15 is 0 Å². The van der Waals surface area contributed by atoms with Gasteiger partial charge >= 0.3 is 0 Å². The van der Waals surface area contributed by atoms with Crippen molar-refractivity contribution < 1.29 is 0 Å². The lowest BCUT2D eigenvalue weighted by molar-refractivity contribution is 0.332. The Balaban J connectivity index is 1.47. The summed E-state index contributed by atoms with van der Waals surface area (Å²) in [5.74, 6) is 0. The Morgan fingerprint density at radius 3 is 1.34 bits per heavy atom. The first kappa shape index (κ1) is 43.0. The Morgan fingerprint density at radius 2 is 0.806 bits per heavy atom. The third-order valence-electron chi connectivity index (χ3n) is 16.0. The number of benzene rings is 5. The van der Waals surface area contributed by atoms with Crippen molar-refractivity contribution in [3.63, 3.8) is 0 Å². The topological polar surface area (TPSA) is 6.48 Å². The number of rotatable bonds is 2. The molecular weight excluding hydrogens is 747 g/mol. The van der Waals surface area contributed by atoms with E-state index in [0.717, 1.165) is 6.42 Å². The van der Waals surface area contributed by atoms with E-state index in [2.05, 4.69) is 214 Å². The van der Waals surface area contributed by atoms with E-state index in [1.54, 1.807) is 0 Å². The largest absolute Gasteiger partial charge is 0.311 e. The summed E-state index contributed by atoms with van der Waals surface area (Å²) in [4.78, 5) is 5.44. The monoisotopic (exact) mass is 823 g/mol. The summed E-state index contributed by atoms with van der Waals surface area (Å²) in [6.45, 7) is 45.9. The first-order valence-corrected chi connectivity index (χ1v) is 23.8. The van der Waals surface area contributed by atoms with Crippen molar-refractivity contribution in [3.05, 3.63) is 123 Å². The van der Waals surface area contributed by atoms with Crippen LogP contribution in [-0.2, 0) is 37.9 Å². The minimum absolute atomic E-state index is 0.00634. The lowest BCUT2D eigenvalue weighted by atomic mass is 9.33. The first-order valence-electron chi connectivity index (χ1n) is 23.8. The highest BCUT2D eigenvalue weighted by atomic mass is 15.2. The summed E-state index contributed by atoms with van der Waals surface area (Å²) >= 11 is 0. The van der Waals surface area contributed by atoms with E-state index < -0.39 is 0 Å². The molecule has 0 aromatic heterocycles. The molecule has 0 N–H and O–H groups in total. The Bertz CT molecular complexity index is 2700. The second kappa shape index (κ2) is 13.2. The summed E-state index contributed by atoms with van der Waals surface area (Å²) in [5.41, 5.74) is 25.2. The second-order valence-electron chi connectivity index (χ2n) is 25.9. The molecular formula is C59H75BN2. The predicted octanol–water partition coefficient (Wildman–Crippen LogP) is 14.6. The Labute approximate surface area is 377 Å². The van der Waals surface area contributed by atoms with Gasteiger partial charge in [0.25, 0.3) is 6.71 Å². The molecule has 0 atom stereocenters. The molecule has 2 nitrogen and oxygen atoms in total. The molecule has 0 saturated carbocycles. The van der Waals surface area contributed by atoms with Gasteiger partial charge in [0.1, 0.15) is 0 Å². The second-order valence-corrected chi connectivity index (χ2v) is 25.9. The Morgan fingerprint density at radius 1 is 0.403 bits per heavy atom. The normalized spacial score (nSPS) is 19.1. The van der Waals surface area contributed by atoms with Crippen LogP contribution in [0.2, 0.25) is 0 Å². The smallest absolute Gasteiger partial charge is 0.252 e. The van der Waals surface area contributed by atoms with Crippen LogP contribution in [0, 0.1) is 13.8 Å². The summed E-state index contributed by atoms with van der Waals surface area (Å²) in [7, 11) is 0. The molecule has 2 aliphatic carbocycles. The van der Waals surface area contributed by atoms with Gasteiger partial charge in [0, 0.05) is 34.1 Å². The average Bonchev–Trinajstić information content (AvgIpc) is 3.33. The van der Waals surface area contributed by atoms with Gasteiger partial charge in [-0.3, -0.25) is 0 Å². The molecule has 3 heteroatoms. The molecule has 324 valence electrons. The van der Waals surface area contributed by atoms with Gasteiger partial charge in [-0.05, 0) is 174 Å². The zero-order valence-corrected chi connectivity index (χ0v) is 42.0. The molecule has 0 amide bonds. The highest BCUT2D eigenvalue weighted by Crippen LogP contribution is 2.55. The quantitative estimate of drug-likeness (QED) is 0.160. The molecule has 0 radical (unpaired) electrons. The molecule has 0 bridgehead atoms. The van der Waals surface area contributed by atoms with Gasteiger partial charge in [0.05, 0.1) is 0 Å². The minimum atomic E-state index is -0.0880. The number of hydrogen-bond donors (Lipinski definition) is 0. The standard InChI is InChI=1S/C59H75BN2/c1-35-20-21-37(53(3,4)5)27-46(35)61-48-28-38(54(6,7)8)22-23-44(48)60-45-31-41-42(57(14,15)25-24-56(41,12)13)33-49(45)62(51-30-39(55(9,10)11)29-50(61)52(51)60)47-32-43-40(26-36(47)2)58(16,17)34-59(43,18)19/h20-23,26-33H,24-25,34H2,1-19H3. The maximum atomic E-state index is 2.75. The summed E-state index contributed by atoms with van der Waals surface area (Å²) in [6.07, 6.45) is 3.53. The first-order chi connectivity index (χ1) is 28.4. The van der Waals surface area contributed by atoms with Crippen molar-refractivity contribution in [3.8, 4) is 0 Å². The molecule has 0 unspecified atom stereocenters. The lowest BCUT2D eigenvalue weighted by Crippen LogP contribution is -2.62. The van der Waals surface area contributed by atoms with Crippen molar-refractivity contribution in [2.45, 2.75) is 189 Å². The Hall–Kier alpha value is -4.24. The highest BCUT2D eigenvalue weighted by Gasteiger charge is 2.49. The molecule has 2 heterocycles. The van der Waals surface area contributed by atoms with Gasteiger partial charge in [0.15, 0.2) is 0 Å². The minimum Gasteiger partial charge on any atom is -0.311 e. The number of hydrogen-bond acceptors (Lipinski definition) is 2. The van der Waals surface area contributed by atoms with Crippen molar-refractivity contribution >= 4 is 57.2 Å². The van der Waals surface area contributed by atoms with Crippen LogP contribution in [0.3, 0.4) is 0 Å². The van der Waals surface area contributed by atoms with Crippen LogP contribution in [0.1, 0.15) is 187 Å². The summed E-state index contributed by atoms with van der Waals surface area (Å²) in [6, 6.07) is 30.5. The van der Waals surface area contributed by atoms with Crippen LogP contribution in [0.5, 0.6) is 0 Å². The maximum Gasteiger partial charge on any atom is 0.252 e. The fraction of sp³-hybridized carbons (Fsp3) is 0.492. The molecule has 2 aliphatic heterocycles. The third-order valence-corrected chi connectivity index (χ3v) is 16.0. The number of nitrogens with zero attached hydrogens (tertiary/aromatic N) is 2. The number of aryl methyl sites for hydroxylation is 2. The van der Waals surface area contributed by atoms with Crippen LogP contribution in [-0.4, -0.2) is 6.71 Å².